The third-order valence-electron chi connectivity index (χ3n) is 10.0. The predicted octanol–water partition coefficient (Wildman–Crippen LogP) is 2.45. The van der Waals surface area contributed by atoms with Gasteiger partial charge in [-0.3, -0.25) is 14.9 Å². The van der Waals surface area contributed by atoms with Crippen molar-refractivity contribution < 1.29 is 29.3 Å². The lowest BCUT2D eigenvalue weighted by atomic mass is 9.45. The van der Waals surface area contributed by atoms with E-state index in [9.17, 15) is 19.8 Å². The molecule has 4 rings (SSSR count). The second-order valence-corrected chi connectivity index (χ2v) is 12.4. The molecule has 0 heterocycles. The van der Waals surface area contributed by atoms with Crippen molar-refractivity contribution in [2.45, 2.75) is 82.5 Å². The molecule has 0 spiro atoms. The van der Waals surface area contributed by atoms with Gasteiger partial charge in [0.1, 0.15) is 6.61 Å². The number of carbonyl (C=O) groups excluding carboxylic acids is 2. The Labute approximate surface area is 225 Å². The molecule has 208 valence electrons. The van der Waals surface area contributed by atoms with Crippen LogP contribution in [0.4, 0.5) is 0 Å². The van der Waals surface area contributed by atoms with Crippen LogP contribution in [0.25, 0.3) is 0 Å². The summed E-state index contributed by atoms with van der Waals surface area (Å²) in [5.74, 6) is -1.16. The van der Waals surface area contributed by atoms with Gasteiger partial charge in [-0.05, 0) is 37.5 Å². The molecule has 3 fully saturated rings. The van der Waals surface area contributed by atoms with Crippen molar-refractivity contribution in [1.82, 2.24) is 5.32 Å². The average Bonchev–Trinajstić information content (AvgIpc) is 3.07. The number of halogens is 1. The van der Waals surface area contributed by atoms with Gasteiger partial charge in [0.2, 0.25) is 5.78 Å². The van der Waals surface area contributed by atoms with Gasteiger partial charge in [0, 0.05) is 36.3 Å². The molecule has 9 heteroatoms. The molecule has 9 atom stereocenters. The largest absolute Gasteiger partial charge is 0.450 e. The van der Waals surface area contributed by atoms with Gasteiger partial charge in [-0.1, -0.05) is 51.5 Å². The minimum absolute atomic E-state index is 0.0500. The molecule has 37 heavy (non-hydrogen) atoms. The van der Waals surface area contributed by atoms with Crippen molar-refractivity contribution in [3.63, 3.8) is 0 Å². The van der Waals surface area contributed by atoms with Gasteiger partial charge in [-0.2, -0.15) is 0 Å². The topological polar surface area (TPSA) is 131 Å². The summed E-state index contributed by atoms with van der Waals surface area (Å²) >= 11 is 7.54. The van der Waals surface area contributed by atoms with E-state index in [1.54, 1.807) is 13.0 Å². The molecule has 4 aliphatic carbocycles. The molecule has 0 bridgehead atoms. The maximum absolute atomic E-state index is 14.0. The first kappa shape index (κ1) is 28.7. The summed E-state index contributed by atoms with van der Waals surface area (Å²) in [5, 5.41) is 25.1. The Kier molecular flexibility index (Phi) is 8.04. The van der Waals surface area contributed by atoms with E-state index in [0.29, 0.717) is 19.5 Å². The molecule has 0 aliphatic heterocycles. The molecule has 0 amide bonds. The van der Waals surface area contributed by atoms with Crippen LogP contribution in [-0.4, -0.2) is 71.1 Å². The standard InChI is InChI=1S/C28H43ClN2O6/c1-5-24(35)37-28(23(34)15-36-16-31-11-10-30)17(2)12-21-20-7-6-18-13-19(32)8-9-25(18,3)27(20,29)22(33)14-26(21,28)4/h8-9,13,17,19-22,31-33H,5-7,10-12,14-16,30H2,1-4H3/t17-,19?,20-,21?,22-,25-,26-,27-,28-/m0/s1. The Balaban J connectivity index is 1.73. The van der Waals surface area contributed by atoms with Crippen molar-refractivity contribution in [2.75, 3.05) is 26.4 Å². The highest BCUT2D eigenvalue weighted by Crippen LogP contribution is 2.72. The van der Waals surface area contributed by atoms with Gasteiger partial charge in [0.25, 0.3) is 0 Å². The van der Waals surface area contributed by atoms with Crippen LogP contribution in [-0.2, 0) is 19.1 Å². The Hall–Kier alpha value is -1.29. The van der Waals surface area contributed by atoms with E-state index in [1.807, 2.05) is 32.9 Å². The Bertz CT molecular complexity index is 972. The summed E-state index contributed by atoms with van der Waals surface area (Å²) in [6, 6.07) is 0. The van der Waals surface area contributed by atoms with E-state index in [4.69, 9.17) is 26.8 Å². The Morgan fingerprint density at radius 3 is 2.68 bits per heavy atom. The summed E-state index contributed by atoms with van der Waals surface area (Å²) in [6.45, 7) is 8.68. The highest BCUT2D eigenvalue weighted by Gasteiger charge is 2.76. The third-order valence-corrected chi connectivity index (χ3v) is 10.9. The Morgan fingerprint density at radius 1 is 1.27 bits per heavy atom. The van der Waals surface area contributed by atoms with E-state index in [1.165, 1.54) is 0 Å². The number of aliphatic hydroxyl groups excluding tert-OH is 2. The molecule has 0 aromatic rings. The second kappa shape index (κ2) is 10.4. The number of hydrogen-bond donors (Lipinski definition) is 4. The van der Waals surface area contributed by atoms with Crippen LogP contribution in [0.5, 0.6) is 0 Å². The minimum atomic E-state index is -1.42. The number of allylic oxidation sites excluding steroid dienone is 2. The van der Waals surface area contributed by atoms with E-state index >= 15 is 0 Å². The zero-order valence-electron chi connectivity index (χ0n) is 22.5. The van der Waals surface area contributed by atoms with Crippen LogP contribution >= 0.6 is 11.6 Å². The molecule has 0 saturated heterocycles. The third kappa shape index (κ3) is 4.14. The number of nitrogens with one attached hydrogen (secondary N) is 1. The van der Waals surface area contributed by atoms with Gasteiger partial charge in [-0.25, -0.2) is 0 Å². The number of ketones is 1. The fourth-order valence-corrected chi connectivity index (χ4v) is 8.79. The number of rotatable bonds is 9. The van der Waals surface area contributed by atoms with E-state index in [-0.39, 0.29) is 49.7 Å². The lowest BCUT2D eigenvalue weighted by molar-refractivity contribution is -0.203. The van der Waals surface area contributed by atoms with Gasteiger partial charge < -0.3 is 25.4 Å². The summed E-state index contributed by atoms with van der Waals surface area (Å²) < 4.78 is 11.8. The van der Waals surface area contributed by atoms with Crippen LogP contribution in [0, 0.1) is 28.6 Å². The van der Waals surface area contributed by atoms with Gasteiger partial charge in [0.05, 0.1) is 23.8 Å². The molecule has 8 nitrogen and oxygen atoms in total. The van der Waals surface area contributed by atoms with E-state index in [2.05, 4.69) is 5.32 Å². The van der Waals surface area contributed by atoms with E-state index < -0.39 is 39.5 Å². The second-order valence-electron chi connectivity index (χ2n) is 11.8. The monoisotopic (exact) mass is 538 g/mol. The number of ether oxygens (including phenoxy) is 2. The van der Waals surface area contributed by atoms with Gasteiger partial charge in [0.15, 0.2) is 5.60 Å². The predicted molar refractivity (Wildman–Crippen MR) is 141 cm³/mol. The summed E-state index contributed by atoms with van der Waals surface area (Å²) in [4.78, 5) is 25.8. The average molecular weight is 539 g/mol. The van der Waals surface area contributed by atoms with Gasteiger partial charge in [-0.15, -0.1) is 11.6 Å². The molecule has 4 aliphatic rings. The van der Waals surface area contributed by atoms with Crippen LogP contribution in [0.2, 0.25) is 0 Å². The van der Waals surface area contributed by atoms with Crippen LogP contribution in [0.3, 0.4) is 0 Å². The zero-order valence-corrected chi connectivity index (χ0v) is 23.2. The maximum Gasteiger partial charge on any atom is 0.306 e. The van der Waals surface area contributed by atoms with E-state index in [0.717, 1.165) is 18.4 Å². The lowest BCUT2D eigenvalue weighted by Gasteiger charge is -2.64. The summed E-state index contributed by atoms with van der Waals surface area (Å²) in [7, 11) is 0. The number of aliphatic hydroxyl groups is 2. The highest BCUT2D eigenvalue weighted by atomic mass is 35.5. The first-order valence-electron chi connectivity index (χ1n) is 13.6. The van der Waals surface area contributed by atoms with Crippen LogP contribution in [0.15, 0.2) is 23.8 Å². The number of fused-ring (bicyclic) bond motifs is 5. The van der Waals surface area contributed by atoms with Crippen molar-refractivity contribution in [3.05, 3.63) is 23.8 Å². The quantitative estimate of drug-likeness (QED) is 0.116. The molecule has 3 saturated carbocycles. The molecule has 2 unspecified atom stereocenters. The van der Waals surface area contributed by atoms with Gasteiger partial charge >= 0.3 is 5.97 Å². The number of hydrogen-bond acceptors (Lipinski definition) is 8. The fourth-order valence-electron chi connectivity index (χ4n) is 8.27. The molecular weight excluding hydrogens is 496 g/mol. The molecule has 0 aromatic carbocycles. The number of alkyl halides is 1. The first-order chi connectivity index (χ1) is 17.4. The van der Waals surface area contributed by atoms with Crippen LogP contribution in [0.1, 0.15) is 59.8 Å². The van der Waals surface area contributed by atoms with Crippen molar-refractivity contribution in [1.29, 1.82) is 0 Å². The summed E-state index contributed by atoms with van der Waals surface area (Å²) in [6.07, 6.45) is 6.41. The fraction of sp³-hybridized carbons (Fsp3) is 0.786. The summed E-state index contributed by atoms with van der Waals surface area (Å²) in [5.41, 5.74) is 3.68. The SMILES string of the molecule is CCC(=O)O[C@]1(C(=O)COCNCCN)[C@@H](C)CC2[C@@H]3CCC4=CC(O)C=C[C@]4(C)[C@@]3(Cl)[C@@H](O)C[C@@]21C. The molecule has 5 N–H and O–H groups in total. The number of Topliss-reactive ketones (excluding diaryl/α,β-unsaturated/α-hetero) is 1. The Morgan fingerprint density at radius 2 is 2.00 bits per heavy atom. The molecule has 0 aromatic heterocycles. The number of esters is 1. The van der Waals surface area contributed by atoms with Crippen molar-refractivity contribution in [3.8, 4) is 0 Å². The van der Waals surface area contributed by atoms with Crippen LogP contribution < -0.4 is 11.1 Å². The zero-order chi connectivity index (χ0) is 27.2. The van der Waals surface area contributed by atoms with Crippen molar-refractivity contribution >= 4 is 23.4 Å². The number of carbonyl (C=O) groups is 2. The normalized spacial score (nSPS) is 44.4. The lowest BCUT2D eigenvalue weighted by Crippen LogP contribution is -2.69. The molecular formula is C28H43ClN2O6. The molecule has 0 radical (unpaired) electrons. The maximum atomic E-state index is 14.0. The minimum Gasteiger partial charge on any atom is -0.450 e. The highest BCUT2D eigenvalue weighted by molar-refractivity contribution is 6.26. The first-order valence-corrected chi connectivity index (χ1v) is 14.0. The van der Waals surface area contributed by atoms with Crippen molar-refractivity contribution in [2.24, 2.45) is 34.3 Å². The smallest absolute Gasteiger partial charge is 0.306 e. The number of nitrogens with two attached hydrogens (primary N) is 1.